The highest BCUT2D eigenvalue weighted by atomic mass is 16.4. The van der Waals surface area contributed by atoms with Crippen molar-refractivity contribution in [2.75, 3.05) is 10.6 Å². The number of carboxylic acids is 1. The molecule has 7 heteroatoms. The number of ketones is 2. The number of para-hydroxylation sites is 4. The lowest BCUT2D eigenvalue weighted by Gasteiger charge is -2.15. The molecule has 0 radical (unpaired) electrons. The maximum atomic E-state index is 13.7. The third kappa shape index (κ3) is 5.58. The van der Waals surface area contributed by atoms with Crippen LogP contribution in [-0.4, -0.2) is 27.7 Å². The summed E-state index contributed by atoms with van der Waals surface area (Å²) >= 11 is 0. The fraction of sp³-hybridized carbons (Fsp3) is 0. The van der Waals surface area contributed by atoms with Crippen LogP contribution in [0.15, 0.2) is 121 Å². The van der Waals surface area contributed by atoms with E-state index < -0.39 is 5.97 Å². The smallest absolute Gasteiger partial charge is 0.335 e. The number of benzene rings is 5. The summed E-state index contributed by atoms with van der Waals surface area (Å²) in [6.07, 6.45) is 0. The van der Waals surface area contributed by atoms with Crippen molar-refractivity contribution in [3.05, 3.63) is 149 Å². The highest BCUT2D eigenvalue weighted by Gasteiger charge is 2.20. The number of carboxylic acid groups (broad SMARTS) is 1. The molecule has 0 atom stereocenters. The Morgan fingerprint density at radius 2 is 1.05 bits per heavy atom. The monoisotopic (exact) mass is 528 g/mol. The number of aromatic carboxylic acids is 1. The number of hydrogen-bond acceptors (Lipinski definition) is 6. The van der Waals surface area contributed by atoms with E-state index in [0.717, 1.165) is 5.69 Å². The van der Waals surface area contributed by atoms with Crippen LogP contribution in [0.4, 0.5) is 22.7 Å². The van der Waals surface area contributed by atoms with E-state index in [9.17, 15) is 24.6 Å². The summed E-state index contributed by atoms with van der Waals surface area (Å²) in [4.78, 5) is 38.4. The van der Waals surface area contributed by atoms with E-state index in [1.54, 1.807) is 66.7 Å². The molecule has 0 bridgehead atoms. The van der Waals surface area contributed by atoms with E-state index in [1.807, 2.05) is 30.3 Å². The Kier molecular flexibility index (Phi) is 7.37. The lowest BCUT2D eigenvalue weighted by molar-refractivity contribution is 0.0696. The number of carbonyl (C=O) groups excluding carboxylic acids is 2. The SMILES string of the molecule is O=C(O)c1ccc(C(=O)c2ccc(C(=O)c3ccccc3Nc3ccccc3O)cc2Nc2ccccc2)cc1. The summed E-state index contributed by atoms with van der Waals surface area (Å²) in [5.41, 5.74) is 3.59. The molecule has 0 saturated heterocycles. The zero-order valence-corrected chi connectivity index (χ0v) is 21.2. The van der Waals surface area contributed by atoms with Gasteiger partial charge in [0, 0.05) is 33.6 Å². The highest BCUT2D eigenvalue weighted by Crippen LogP contribution is 2.31. The summed E-state index contributed by atoms with van der Waals surface area (Å²) in [5.74, 6) is -1.63. The maximum Gasteiger partial charge on any atom is 0.335 e. The van der Waals surface area contributed by atoms with E-state index in [0.29, 0.717) is 39.3 Å². The Hall–Kier alpha value is -5.69. The lowest BCUT2D eigenvalue weighted by Crippen LogP contribution is -2.10. The van der Waals surface area contributed by atoms with Gasteiger partial charge in [-0.15, -0.1) is 0 Å². The molecule has 0 aliphatic rings. The standard InChI is InChI=1S/C33H24N2O5/c36-30-13-7-6-12-28(30)35-27-11-5-4-10-25(27)32(38)23-18-19-26(29(20-23)34-24-8-2-1-3-9-24)31(37)21-14-16-22(17-15-21)33(39)40/h1-20,34-36H,(H,39,40). The summed E-state index contributed by atoms with van der Waals surface area (Å²) in [6.45, 7) is 0. The van der Waals surface area contributed by atoms with Gasteiger partial charge in [-0.05, 0) is 60.7 Å². The van der Waals surface area contributed by atoms with Crippen molar-refractivity contribution >= 4 is 40.3 Å². The Balaban J connectivity index is 1.52. The van der Waals surface area contributed by atoms with E-state index in [-0.39, 0.29) is 22.9 Å². The third-order valence-corrected chi connectivity index (χ3v) is 6.32. The van der Waals surface area contributed by atoms with Crippen LogP contribution in [0.1, 0.15) is 42.2 Å². The third-order valence-electron chi connectivity index (χ3n) is 6.32. The second-order valence-electron chi connectivity index (χ2n) is 8.98. The van der Waals surface area contributed by atoms with Crippen LogP contribution >= 0.6 is 0 Å². The number of anilines is 4. The highest BCUT2D eigenvalue weighted by molar-refractivity contribution is 6.16. The minimum absolute atomic E-state index is 0.0540. The van der Waals surface area contributed by atoms with Crippen molar-refractivity contribution in [2.24, 2.45) is 0 Å². The second-order valence-corrected chi connectivity index (χ2v) is 8.98. The van der Waals surface area contributed by atoms with Crippen molar-refractivity contribution in [3.63, 3.8) is 0 Å². The molecule has 5 rings (SSSR count). The van der Waals surface area contributed by atoms with Crippen molar-refractivity contribution in [1.82, 2.24) is 0 Å². The quantitative estimate of drug-likeness (QED) is 0.120. The van der Waals surface area contributed by atoms with Crippen LogP contribution in [0.5, 0.6) is 5.75 Å². The molecule has 196 valence electrons. The molecule has 40 heavy (non-hydrogen) atoms. The minimum atomic E-state index is -1.08. The number of aromatic hydroxyl groups is 1. The van der Waals surface area contributed by atoms with Crippen molar-refractivity contribution < 1.29 is 24.6 Å². The number of rotatable bonds is 9. The molecule has 5 aromatic rings. The van der Waals surface area contributed by atoms with Gasteiger partial charge in [0.15, 0.2) is 11.6 Å². The van der Waals surface area contributed by atoms with Crippen LogP contribution in [0.25, 0.3) is 0 Å². The second kappa shape index (κ2) is 11.4. The largest absolute Gasteiger partial charge is 0.506 e. The first-order valence-corrected chi connectivity index (χ1v) is 12.4. The molecule has 0 fully saturated rings. The van der Waals surface area contributed by atoms with Crippen LogP contribution in [-0.2, 0) is 0 Å². The zero-order chi connectivity index (χ0) is 28.1. The first-order valence-electron chi connectivity index (χ1n) is 12.4. The van der Waals surface area contributed by atoms with E-state index in [1.165, 1.54) is 24.3 Å². The van der Waals surface area contributed by atoms with Gasteiger partial charge >= 0.3 is 5.97 Å². The molecule has 0 saturated carbocycles. The van der Waals surface area contributed by atoms with E-state index >= 15 is 0 Å². The van der Waals surface area contributed by atoms with Gasteiger partial charge in [0.05, 0.1) is 16.9 Å². The normalized spacial score (nSPS) is 10.5. The molecule has 0 unspecified atom stereocenters. The molecule has 0 heterocycles. The van der Waals surface area contributed by atoms with Gasteiger partial charge in [-0.1, -0.05) is 60.7 Å². The molecule has 0 aliphatic heterocycles. The average Bonchev–Trinajstić information content (AvgIpc) is 2.98. The first kappa shape index (κ1) is 25.9. The van der Waals surface area contributed by atoms with Gasteiger partial charge in [0.1, 0.15) is 5.75 Å². The van der Waals surface area contributed by atoms with Gasteiger partial charge in [-0.3, -0.25) is 9.59 Å². The lowest BCUT2D eigenvalue weighted by atomic mass is 9.95. The van der Waals surface area contributed by atoms with Crippen molar-refractivity contribution in [1.29, 1.82) is 0 Å². The van der Waals surface area contributed by atoms with Crippen LogP contribution in [0, 0.1) is 0 Å². The molecule has 5 aromatic carbocycles. The fourth-order valence-electron chi connectivity index (χ4n) is 4.25. The summed E-state index contributed by atoms with van der Waals surface area (Å²) < 4.78 is 0. The molecule has 0 spiro atoms. The fourth-order valence-corrected chi connectivity index (χ4v) is 4.25. The first-order chi connectivity index (χ1) is 19.4. The van der Waals surface area contributed by atoms with Gasteiger partial charge in [-0.25, -0.2) is 4.79 Å². The average molecular weight is 529 g/mol. The Morgan fingerprint density at radius 1 is 0.500 bits per heavy atom. The summed E-state index contributed by atoms with van der Waals surface area (Å²) in [7, 11) is 0. The Morgan fingerprint density at radius 3 is 1.75 bits per heavy atom. The van der Waals surface area contributed by atoms with Crippen LogP contribution < -0.4 is 10.6 Å². The van der Waals surface area contributed by atoms with Gasteiger partial charge in [-0.2, -0.15) is 0 Å². The zero-order valence-electron chi connectivity index (χ0n) is 21.2. The van der Waals surface area contributed by atoms with Gasteiger partial charge < -0.3 is 20.8 Å². The predicted molar refractivity (Wildman–Crippen MR) is 154 cm³/mol. The van der Waals surface area contributed by atoms with Crippen molar-refractivity contribution in [2.45, 2.75) is 0 Å². The number of hydrogen-bond donors (Lipinski definition) is 4. The number of phenols is 1. The molecule has 4 N–H and O–H groups in total. The van der Waals surface area contributed by atoms with Crippen LogP contribution in [0.3, 0.4) is 0 Å². The number of phenolic OH excluding ortho intramolecular Hbond substituents is 1. The molecule has 0 amide bonds. The molecular formula is C33H24N2O5. The minimum Gasteiger partial charge on any atom is -0.506 e. The molecule has 7 nitrogen and oxygen atoms in total. The maximum absolute atomic E-state index is 13.7. The van der Waals surface area contributed by atoms with Crippen LogP contribution in [0.2, 0.25) is 0 Å². The predicted octanol–water partition coefficient (Wildman–Crippen LogP) is 7.04. The van der Waals surface area contributed by atoms with Gasteiger partial charge in [0.2, 0.25) is 0 Å². The Labute approximate surface area is 230 Å². The van der Waals surface area contributed by atoms with E-state index in [4.69, 9.17) is 0 Å². The molecule has 0 aromatic heterocycles. The van der Waals surface area contributed by atoms with E-state index in [2.05, 4.69) is 10.6 Å². The summed E-state index contributed by atoms with van der Waals surface area (Å²) in [5, 5.41) is 25.8. The van der Waals surface area contributed by atoms with Gasteiger partial charge in [0.25, 0.3) is 0 Å². The topological polar surface area (TPSA) is 116 Å². The summed E-state index contributed by atoms with van der Waals surface area (Å²) in [6, 6.07) is 33.5. The molecule has 0 aliphatic carbocycles. The van der Waals surface area contributed by atoms with Crippen molar-refractivity contribution in [3.8, 4) is 5.75 Å². The number of nitrogens with one attached hydrogen (secondary N) is 2. The Bertz CT molecular complexity index is 1710. The molecular weight excluding hydrogens is 504 g/mol. The number of carbonyl (C=O) groups is 3.